The molecule has 0 saturated heterocycles. The van der Waals surface area contributed by atoms with Crippen molar-refractivity contribution in [3.63, 3.8) is 0 Å². The number of aromatic nitrogens is 1. The van der Waals surface area contributed by atoms with E-state index in [1.54, 1.807) is 52.6 Å². The molecule has 2 heterocycles. The average Bonchev–Trinajstić information content (AvgIpc) is 3.15. The Morgan fingerprint density at radius 1 is 1.00 bits per heavy atom. The van der Waals surface area contributed by atoms with Crippen molar-refractivity contribution in [1.82, 2.24) is 4.98 Å². The molecular weight excluding hydrogens is 382 g/mol. The summed E-state index contributed by atoms with van der Waals surface area (Å²) in [5.41, 5.74) is 2.82. The topological polar surface area (TPSA) is 63.5 Å². The van der Waals surface area contributed by atoms with Crippen LogP contribution in [0.5, 0.6) is 0 Å². The zero-order valence-electron chi connectivity index (χ0n) is 16.6. The first kappa shape index (κ1) is 19.5. The summed E-state index contributed by atoms with van der Waals surface area (Å²) < 4.78 is 0. The van der Waals surface area contributed by atoms with Crippen molar-refractivity contribution in [2.75, 3.05) is 11.9 Å². The number of benzene rings is 2. The number of quaternary nitrogens is 1. The van der Waals surface area contributed by atoms with Gasteiger partial charge in [-0.1, -0.05) is 53.8 Å². The van der Waals surface area contributed by atoms with Crippen molar-refractivity contribution in [1.29, 1.82) is 0 Å². The molecule has 0 fully saturated rings. The largest absolute Gasteiger partial charge is 0.328 e. The van der Waals surface area contributed by atoms with Gasteiger partial charge in [0, 0.05) is 23.1 Å². The van der Waals surface area contributed by atoms with E-state index >= 15 is 0 Å². The third-order valence-electron chi connectivity index (χ3n) is 5.33. The molecule has 0 spiro atoms. The van der Waals surface area contributed by atoms with Crippen molar-refractivity contribution in [2.24, 2.45) is 0 Å². The fourth-order valence-electron chi connectivity index (χ4n) is 3.54. The normalized spacial score (nSPS) is 15.8. The maximum atomic E-state index is 12.6. The van der Waals surface area contributed by atoms with Gasteiger partial charge in [-0.2, -0.15) is 0 Å². The Balaban J connectivity index is 1.44. The molecule has 0 saturated carbocycles. The van der Waals surface area contributed by atoms with Gasteiger partial charge in [-0.25, -0.2) is 4.98 Å². The minimum atomic E-state index is -0.206. The van der Waals surface area contributed by atoms with Crippen LogP contribution >= 0.6 is 11.3 Å². The van der Waals surface area contributed by atoms with E-state index < -0.39 is 0 Å². The zero-order valence-corrected chi connectivity index (χ0v) is 17.4. The highest BCUT2D eigenvalue weighted by Crippen LogP contribution is 2.25. The van der Waals surface area contributed by atoms with Crippen LogP contribution in [0.15, 0.2) is 54.6 Å². The zero-order chi connectivity index (χ0) is 20.4. The standard InChI is InChI=1S/C23H23N3O2S/c1-15(2)26-13-12-19-20(14-26)29-23(24-19)25-22(28)18-10-8-17(9-11-18)21(27)16-6-4-3-5-7-16/h3-11,15H,12-14H2,1-2H3,(H,24,25,28)/p+1. The van der Waals surface area contributed by atoms with E-state index in [4.69, 9.17) is 0 Å². The van der Waals surface area contributed by atoms with Crippen LogP contribution in [-0.2, 0) is 13.0 Å². The van der Waals surface area contributed by atoms with Gasteiger partial charge in [-0.3, -0.25) is 14.9 Å². The van der Waals surface area contributed by atoms with Gasteiger partial charge >= 0.3 is 0 Å². The second-order valence-corrected chi connectivity index (χ2v) is 8.69. The second kappa shape index (κ2) is 8.27. The summed E-state index contributed by atoms with van der Waals surface area (Å²) in [6.45, 7) is 6.52. The number of ketones is 1. The first-order valence-corrected chi connectivity index (χ1v) is 10.7. The molecule has 1 aliphatic rings. The lowest BCUT2D eigenvalue weighted by atomic mass is 10.0. The lowest BCUT2D eigenvalue weighted by Gasteiger charge is -2.26. The number of rotatable bonds is 5. The SMILES string of the molecule is CC(C)[NH+]1CCc2nc(NC(=O)c3ccc(C(=O)c4ccccc4)cc3)sc2C1. The quantitative estimate of drug-likeness (QED) is 0.641. The summed E-state index contributed by atoms with van der Waals surface area (Å²) in [6, 6.07) is 16.5. The third-order valence-corrected chi connectivity index (χ3v) is 6.34. The van der Waals surface area contributed by atoms with E-state index in [1.165, 1.54) is 4.88 Å². The monoisotopic (exact) mass is 406 g/mol. The number of thiazole rings is 1. The van der Waals surface area contributed by atoms with Crippen LogP contribution in [0.4, 0.5) is 5.13 Å². The number of anilines is 1. The number of carbonyl (C=O) groups excluding carboxylic acids is 2. The minimum Gasteiger partial charge on any atom is -0.328 e. The molecule has 0 radical (unpaired) electrons. The molecule has 1 amide bonds. The molecule has 0 aliphatic carbocycles. The van der Waals surface area contributed by atoms with Gasteiger partial charge in [0.1, 0.15) is 6.54 Å². The summed E-state index contributed by atoms with van der Waals surface area (Å²) in [5, 5.41) is 3.56. The van der Waals surface area contributed by atoms with Gasteiger partial charge in [-0.05, 0) is 26.0 Å². The molecule has 1 aliphatic heterocycles. The molecule has 3 aromatic rings. The predicted octanol–water partition coefficient (Wildman–Crippen LogP) is 2.98. The maximum absolute atomic E-state index is 12.6. The van der Waals surface area contributed by atoms with Crippen molar-refractivity contribution in [2.45, 2.75) is 32.9 Å². The van der Waals surface area contributed by atoms with Gasteiger partial charge < -0.3 is 4.90 Å². The Bertz CT molecular complexity index is 1030. The molecule has 5 nitrogen and oxygen atoms in total. The van der Waals surface area contributed by atoms with E-state index in [2.05, 4.69) is 24.1 Å². The summed E-state index contributed by atoms with van der Waals surface area (Å²) >= 11 is 1.57. The fourth-order valence-corrected chi connectivity index (χ4v) is 4.59. The van der Waals surface area contributed by atoms with E-state index in [0.717, 1.165) is 25.2 Å². The van der Waals surface area contributed by atoms with Crippen molar-refractivity contribution < 1.29 is 14.5 Å². The molecular formula is C23H24N3O2S+. The van der Waals surface area contributed by atoms with Gasteiger partial charge in [0.2, 0.25) is 0 Å². The Kier molecular flexibility index (Phi) is 5.56. The molecule has 29 heavy (non-hydrogen) atoms. The van der Waals surface area contributed by atoms with Gasteiger partial charge in [-0.15, -0.1) is 0 Å². The Morgan fingerprint density at radius 2 is 1.66 bits per heavy atom. The number of hydrogen-bond acceptors (Lipinski definition) is 4. The predicted molar refractivity (Wildman–Crippen MR) is 115 cm³/mol. The Hall–Kier alpha value is -2.83. The average molecular weight is 407 g/mol. The van der Waals surface area contributed by atoms with Crippen LogP contribution in [0.25, 0.3) is 0 Å². The van der Waals surface area contributed by atoms with E-state index in [-0.39, 0.29) is 11.7 Å². The van der Waals surface area contributed by atoms with E-state index in [1.807, 2.05) is 18.2 Å². The van der Waals surface area contributed by atoms with Crippen LogP contribution in [0.3, 0.4) is 0 Å². The number of nitrogens with one attached hydrogen (secondary N) is 2. The molecule has 2 N–H and O–H groups in total. The highest BCUT2D eigenvalue weighted by Gasteiger charge is 2.25. The molecule has 148 valence electrons. The lowest BCUT2D eigenvalue weighted by Crippen LogP contribution is -3.14. The number of amides is 1. The number of carbonyl (C=O) groups is 2. The molecule has 4 rings (SSSR count). The molecule has 6 heteroatoms. The maximum Gasteiger partial charge on any atom is 0.257 e. The van der Waals surface area contributed by atoms with Crippen molar-refractivity contribution >= 4 is 28.2 Å². The number of fused-ring (bicyclic) bond motifs is 1. The minimum absolute atomic E-state index is 0.0534. The van der Waals surface area contributed by atoms with Crippen molar-refractivity contribution in [3.8, 4) is 0 Å². The molecule has 2 aromatic carbocycles. The molecule has 1 aromatic heterocycles. The summed E-state index contributed by atoms with van der Waals surface area (Å²) in [4.78, 5) is 32.5. The molecule has 1 atom stereocenters. The van der Waals surface area contributed by atoms with Crippen LogP contribution in [-0.4, -0.2) is 29.3 Å². The first-order chi connectivity index (χ1) is 14.0. The Morgan fingerprint density at radius 3 is 2.34 bits per heavy atom. The number of hydrogen-bond donors (Lipinski definition) is 2. The van der Waals surface area contributed by atoms with Crippen LogP contribution in [0.2, 0.25) is 0 Å². The van der Waals surface area contributed by atoms with Gasteiger partial charge in [0.05, 0.1) is 23.2 Å². The van der Waals surface area contributed by atoms with E-state index in [0.29, 0.717) is 27.9 Å². The fraction of sp³-hybridized carbons (Fsp3) is 0.261. The number of nitrogens with zero attached hydrogens (tertiary/aromatic N) is 1. The van der Waals surface area contributed by atoms with Gasteiger partial charge in [0.15, 0.2) is 10.9 Å². The first-order valence-electron chi connectivity index (χ1n) is 9.85. The third kappa shape index (κ3) is 4.28. The van der Waals surface area contributed by atoms with Gasteiger partial charge in [0.25, 0.3) is 5.91 Å². The second-order valence-electron chi connectivity index (χ2n) is 7.61. The smallest absolute Gasteiger partial charge is 0.257 e. The van der Waals surface area contributed by atoms with Crippen molar-refractivity contribution in [3.05, 3.63) is 81.9 Å². The molecule has 0 bridgehead atoms. The lowest BCUT2D eigenvalue weighted by molar-refractivity contribution is -0.936. The van der Waals surface area contributed by atoms with E-state index in [9.17, 15) is 9.59 Å². The molecule has 1 unspecified atom stereocenters. The Labute approximate surface area is 174 Å². The van der Waals surface area contributed by atoms with Crippen LogP contribution in [0.1, 0.15) is 50.7 Å². The summed E-state index contributed by atoms with van der Waals surface area (Å²) in [6.07, 6.45) is 0.950. The van der Waals surface area contributed by atoms with Crippen LogP contribution < -0.4 is 10.2 Å². The highest BCUT2D eigenvalue weighted by atomic mass is 32.1. The van der Waals surface area contributed by atoms with Crippen LogP contribution in [0, 0.1) is 0 Å². The summed E-state index contributed by atoms with van der Waals surface area (Å²) in [7, 11) is 0. The summed E-state index contributed by atoms with van der Waals surface area (Å²) in [5.74, 6) is -0.259. The highest BCUT2D eigenvalue weighted by molar-refractivity contribution is 7.15.